The Kier molecular flexibility index (Phi) is 12.7. The van der Waals surface area contributed by atoms with Gasteiger partial charge < -0.3 is 19.8 Å². The maximum absolute atomic E-state index is 10.7. The minimum atomic E-state index is -1.12. The van der Waals surface area contributed by atoms with Crippen LogP contribution in [0.1, 0.15) is 27.7 Å². The molecule has 0 N–H and O–H groups in total. The molecule has 4 nitrogen and oxygen atoms in total. The van der Waals surface area contributed by atoms with Crippen molar-refractivity contribution in [3.05, 3.63) is 0 Å². The summed E-state index contributed by atoms with van der Waals surface area (Å²) in [5, 5.41) is 21.3. The Balaban J connectivity index is -0.000000980. The number of hydrogen-bond acceptors (Lipinski definition) is 5. The predicted octanol–water partition coefficient (Wildman–Crippen LogP) is -6.72. The fourth-order valence-corrected chi connectivity index (χ4v) is 2.04. The van der Waals surface area contributed by atoms with Gasteiger partial charge in [0, 0.05) is 34.3 Å². The van der Waals surface area contributed by atoms with Gasteiger partial charge in [-0.15, -0.1) is 0 Å². The second-order valence-electron chi connectivity index (χ2n) is 4.84. The van der Waals surface area contributed by atoms with Crippen LogP contribution in [0.15, 0.2) is 0 Å². The van der Waals surface area contributed by atoms with E-state index in [1.807, 2.05) is 0 Å². The van der Waals surface area contributed by atoms with Crippen molar-refractivity contribution in [3.8, 4) is 0 Å². The van der Waals surface area contributed by atoms with Crippen LogP contribution in [-0.2, 0) is 9.59 Å². The molecule has 0 radical (unpaired) electrons. The number of carboxylic acids is 2. The maximum atomic E-state index is 10.7. The molecule has 0 aliphatic rings. The van der Waals surface area contributed by atoms with E-state index in [4.69, 9.17) is 0 Å². The first-order valence-corrected chi connectivity index (χ1v) is 5.76. The molecule has 0 atom stereocenters. The van der Waals surface area contributed by atoms with E-state index in [-0.39, 0.29) is 59.1 Å². The summed E-state index contributed by atoms with van der Waals surface area (Å²) in [6.45, 7) is 6.23. The first-order valence-electron chi connectivity index (χ1n) is 4.60. The van der Waals surface area contributed by atoms with Gasteiger partial charge in [-0.3, -0.25) is 0 Å². The second-order valence-corrected chi connectivity index (χ2v) is 5.82. The van der Waals surface area contributed by atoms with E-state index in [1.165, 1.54) is 11.8 Å². The zero-order valence-corrected chi connectivity index (χ0v) is 16.3. The van der Waals surface area contributed by atoms with Crippen LogP contribution in [0.4, 0.5) is 0 Å². The third kappa shape index (κ3) is 8.92. The van der Waals surface area contributed by atoms with Crippen LogP contribution in [-0.4, -0.2) is 23.4 Å². The van der Waals surface area contributed by atoms with Crippen LogP contribution in [0.3, 0.4) is 0 Å². The zero-order chi connectivity index (χ0) is 12.3. The molecule has 0 heterocycles. The van der Waals surface area contributed by atoms with E-state index in [1.54, 1.807) is 27.7 Å². The van der Waals surface area contributed by atoms with Crippen molar-refractivity contribution >= 4 is 23.7 Å². The van der Waals surface area contributed by atoms with Crippen molar-refractivity contribution in [2.24, 2.45) is 10.8 Å². The maximum Gasteiger partial charge on any atom is 1.00 e. The molecule has 0 spiro atoms. The summed E-state index contributed by atoms with van der Waals surface area (Å²) in [6.07, 6.45) is 0. The standard InChI is InChI=1S/C10H18O4S.2Na/c1-9(2,7(11)12)5-15-6-10(3,4)8(13)14;;/h5-6H2,1-4H3,(H,11,12)(H,13,14);;/q;2*+1/p-2. The molecule has 0 rings (SSSR count). The van der Waals surface area contributed by atoms with Crippen molar-refractivity contribution in [2.75, 3.05) is 11.5 Å². The number of aliphatic carboxylic acids is 2. The van der Waals surface area contributed by atoms with Gasteiger partial charge in [-0.25, -0.2) is 0 Å². The third-order valence-electron chi connectivity index (χ3n) is 2.03. The van der Waals surface area contributed by atoms with Crippen LogP contribution < -0.4 is 69.3 Å². The average molecular weight is 278 g/mol. The van der Waals surface area contributed by atoms with E-state index < -0.39 is 22.8 Å². The minimum absolute atomic E-state index is 0. The van der Waals surface area contributed by atoms with Crippen LogP contribution in [0.25, 0.3) is 0 Å². The van der Waals surface area contributed by atoms with Crippen LogP contribution in [0.5, 0.6) is 0 Å². The van der Waals surface area contributed by atoms with Gasteiger partial charge in [0.15, 0.2) is 0 Å². The van der Waals surface area contributed by atoms with Gasteiger partial charge in [-0.2, -0.15) is 11.8 Å². The summed E-state index contributed by atoms with van der Waals surface area (Å²) in [5.41, 5.74) is -1.88. The summed E-state index contributed by atoms with van der Waals surface area (Å²) in [5.74, 6) is -1.60. The fourth-order valence-electron chi connectivity index (χ4n) is 0.679. The van der Waals surface area contributed by atoms with E-state index in [2.05, 4.69) is 0 Å². The molecule has 0 aromatic heterocycles. The molecule has 0 bridgehead atoms. The molecule has 88 valence electrons. The van der Waals surface area contributed by atoms with Crippen LogP contribution >= 0.6 is 11.8 Å². The van der Waals surface area contributed by atoms with E-state index in [0.29, 0.717) is 11.5 Å². The molecule has 0 unspecified atom stereocenters. The Morgan fingerprint density at radius 2 is 1.12 bits per heavy atom. The number of hydrogen-bond donors (Lipinski definition) is 0. The smallest absolute Gasteiger partial charge is 0.550 e. The Bertz CT molecular complexity index is 241. The fraction of sp³-hybridized carbons (Fsp3) is 0.800. The zero-order valence-electron chi connectivity index (χ0n) is 11.5. The van der Waals surface area contributed by atoms with Crippen molar-refractivity contribution in [1.82, 2.24) is 0 Å². The number of carboxylic acid groups (broad SMARTS) is 2. The van der Waals surface area contributed by atoms with Crippen molar-refractivity contribution in [2.45, 2.75) is 27.7 Å². The second kappa shape index (κ2) is 9.23. The van der Waals surface area contributed by atoms with Gasteiger partial charge in [0.1, 0.15) is 0 Å². The van der Waals surface area contributed by atoms with Gasteiger partial charge in [0.2, 0.25) is 0 Å². The van der Waals surface area contributed by atoms with E-state index >= 15 is 0 Å². The van der Waals surface area contributed by atoms with Gasteiger partial charge in [-0.05, 0) is 0 Å². The Morgan fingerprint density at radius 3 is 1.29 bits per heavy atom. The summed E-state index contributed by atoms with van der Waals surface area (Å²) in [7, 11) is 0. The van der Waals surface area contributed by atoms with Crippen molar-refractivity contribution in [1.29, 1.82) is 0 Å². The van der Waals surface area contributed by atoms with Crippen LogP contribution in [0, 0.1) is 10.8 Å². The quantitative estimate of drug-likeness (QED) is 0.451. The minimum Gasteiger partial charge on any atom is -0.550 e. The molecule has 0 fully saturated rings. The van der Waals surface area contributed by atoms with Crippen molar-refractivity contribution < 1.29 is 78.9 Å². The molecule has 0 aromatic rings. The first kappa shape index (κ1) is 23.4. The number of thioether (sulfide) groups is 1. The van der Waals surface area contributed by atoms with Gasteiger partial charge in [0.25, 0.3) is 0 Å². The Morgan fingerprint density at radius 1 is 0.882 bits per heavy atom. The molecule has 17 heavy (non-hydrogen) atoms. The summed E-state index contributed by atoms with van der Waals surface area (Å²) in [4.78, 5) is 21.3. The molecule has 7 heteroatoms. The molecular weight excluding hydrogens is 262 g/mol. The molecule has 0 aliphatic heterocycles. The predicted molar refractivity (Wildman–Crippen MR) is 54.9 cm³/mol. The summed E-state index contributed by atoms with van der Waals surface area (Å²) >= 11 is 1.28. The molecule has 0 amide bonds. The first-order chi connectivity index (χ1) is 6.59. The SMILES string of the molecule is CC(C)(CSCC(C)(C)C(=O)[O-])C(=O)[O-].[Na+].[Na+]. The van der Waals surface area contributed by atoms with E-state index in [0.717, 1.165) is 0 Å². The van der Waals surface area contributed by atoms with Gasteiger partial charge in [-0.1, -0.05) is 27.7 Å². The van der Waals surface area contributed by atoms with E-state index in [9.17, 15) is 19.8 Å². The van der Waals surface area contributed by atoms with Gasteiger partial charge in [0.05, 0.1) is 0 Å². The monoisotopic (exact) mass is 278 g/mol. The third-order valence-corrected chi connectivity index (χ3v) is 3.88. The number of rotatable bonds is 6. The Hall–Kier alpha value is 1.29. The van der Waals surface area contributed by atoms with Gasteiger partial charge >= 0.3 is 59.1 Å². The van der Waals surface area contributed by atoms with Crippen molar-refractivity contribution in [3.63, 3.8) is 0 Å². The average Bonchev–Trinajstić information content (AvgIpc) is 2.02. The molecular formula is C10H16Na2O4S. The largest absolute Gasteiger partial charge is 1.00 e. The molecule has 0 aliphatic carbocycles. The van der Waals surface area contributed by atoms with Crippen LogP contribution in [0.2, 0.25) is 0 Å². The number of carbonyl (C=O) groups excluding carboxylic acids is 2. The molecule has 0 saturated heterocycles. The Labute approximate surface area is 151 Å². The summed E-state index contributed by atoms with van der Waals surface area (Å²) < 4.78 is 0. The molecule has 0 saturated carbocycles. The summed E-state index contributed by atoms with van der Waals surface area (Å²) in [6, 6.07) is 0. The molecule has 0 aromatic carbocycles. The topological polar surface area (TPSA) is 80.3 Å². The number of carbonyl (C=O) groups is 2. The normalized spacial score (nSPS) is 11.1.